The van der Waals surface area contributed by atoms with Gasteiger partial charge in [-0.2, -0.15) is 0 Å². The maximum absolute atomic E-state index is 13.3. The van der Waals surface area contributed by atoms with Gasteiger partial charge in [0.05, 0.1) is 11.4 Å². The molecule has 1 aliphatic heterocycles. The van der Waals surface area contributed by atoms with Crippen LogP contribution in [0.1, 0.15) is 5.56 Å². The lowest BCUT2D eigenvalue weighted by Gasteiger charge is -2.11. The Morgan fingerprint density at radius 2 is 1.95 bits per heavy atom. The molecule has 0 spiro atoms. The van der Waals surface area contributed by atoms with Gasteiger partial charge in [-0.15, -0.1) is 0 Å². The fourth-order valence-corrected chi connectivity index (χ4v) is 1.93. The Labute approximate surface area is 109 Å². The van der Waals surface area contributed by atoms with Gasteiger partial charge in [-0.1, -0.05) is 0 Å². The highest BCUT2D eigenvalue weighted by Gasteiger charge is 2.13. The summed E-state index contributed by atoms with van der Waals surface area (Å²) in [6.45, 7) is 1.93. The van der Waals surface area contributed by atoms with Crippen molar-refractivity contribution in [3.05, 3.63) is 41.7 Å². The molecule has 5 heteroatoms. The normalized spacial score (nSPS) is 12.5. The molecule has 0 aliphatic carbocycles. The number of ether oxygens (including phenoxy) is 2. The second-order valence-electron chi connectivity index (χ2n) is 4.38. The summed E-state index contributed by atoms with van der Waals surface area (Å²) >= 11 is 0. The Kier molecular flexibility index (Phi) is 2.67. The SMILES string of the molecule is Cc1cc(Nc2ccc3c(c2)OCO3)c(N)cc1F. The van der Waals surface area contributed by atoms with Gasteiger partial charge < -0.3 is 20.5 Å². The number of anilines is 3. The van der Waals surface area contributed by atoms with Gasteiger partial charge in [0.15, 0.2) is 11.5 Å². The summed E-state index contributed by atoms with van der Waals surface area (Å²) in [5.74, 6) is 1.09. The molecular weight excluding hydrogens is 247 g/mol. The van der Waals surface area contributed by atoms with E-state index >= 15 is 0 Å². The maximum atomic E-state index is 13.3. The average Bonchev–Trinajstić information content (AvgIpc) is 2.83. The van der Waals surface area contributed by atoms with Crippen LogP contribution in [0.2, 0.25) is 0 Å². The van der Waals surface area contributed by atoms with E-state index in [4.69, 9.17) is 15.2 Å². The summed E-state index contributed by atoms with van der Waals surface area (Å²) < 4.78 is 23.9. The van der Waals surface area contributed by atoms with Crippen molar-refractivity contribution in [3.63, 3.8) is 0 Å². The van der Waals surface area contributed by atoms with Gasteiger partial charge in [-0.05, 0) is 36.8 Å². The standard InChI is InChI=1S/C14H13FN2O2/c1-8-4-12(11(16)6-10(8)15)17-9-2-3-13-14(5-9)19-7-18-13/h2-6,17H,7,16H2,1H3. The van der Waals surface area contributed by atoms with Crippen molar-refractivity contribution in [2.24, 2.45) is 0 Å². The predicted octanol–water partition coefficient (Wildman–Crippen LogP) is 3.19. The largest absolute Gasteiger partial charge is 0.454 e. The number of benzene rings is 2. The minimum atomic E-state index is -0.311. The summed E-state index contributed by atoms with van der Waals surface area (Å²) in [6.07, 6.45) is 0. The lowest BCUT2D eigenvalue weighted by atomic mass is 10.1. The van der Waals surface area contributed by atoms with Crippen LogP contribution in [0.25, 0.3) is 0 Å². The molecule has 0 radical (unpaired) electrons. The minimum absolute atomic E-state index is 0.233. The third-order valence-electron chi connectivity index (χ3n) is 2.98. The molecule has 4 nitrogen and oxygen atoms in total. The first-order valence-corrected chi connectivity index (χ1v) is 5.86. The number of hydrogen-bond donors (Lipinski definition) is 2. The van der Waals surface area contributed by atoms with Crippen LogP contribution in [0.15, 0.2) is 30.3 Å². The predicted molar refractivity (Wildman–Crippen MR) is 71.4 cm³/mol. The number of nitrogens with one attached hydrogen (secondary N) is 1. The summed E-state index contributed by atoms with van der Waals surface area (Å²) in [5.41, 5.74) is 8.17. The zero-order chi connectivity index (χ0) is 13.4. The van der Waals surface area contributed by atoms with E-state index in [1.807, 2.05) is 18.2 Å². The van der Waals surface area contributed by atoms with Gasteiger partial charge in [-0.3, -0.25) is 0 Å². The third kappa shape index (κ3) is 2.14. The van der Waals surface area contributed by atoms with Crippen molar-refractivity contribution in [2.45, 2.75) is 6.92 Å². The molecule has 2 aromatic rings. The van der Waals surface area contributed by atoms with E-state index in [0.717, 1.165) is 5.69 Å². The van der Waals surface area contributed by atoms with Gasteiger partial charge >= 0.3 is 0 Å². The Bertz CT molecular complexity index is 644. The Hall–Kier alpha value is -2.43. The van der Waals surface area contributed by atoms with Gasteiger partial charge in [-0.25, -0.2) is 4.39 Å². The molecule has 0 saturated heterocycles. The smallest absolute Gasteiger partial charge is 0.231 e. The summed E-state index contributed by atoms with van der Waals surface area (Å²) in [6, 6.07) is 8.48. The Morgan fingerprint density at radius 1 is 1.16 bits per heavy atom. The Balaban J connectivity index is 1.91. The first-order valence-electron chi connectivity index (χ1n) is 5.86. The number of hydrogen-bond acceptors (Lipinski definition) is 4. The fourth-order valence-electron chi connectivity index (χ4n) is 1.93. The van der Waals surface area contributed by atoms with E-state index in [1.54, 1.807) is 13.0 Å². The van der Waals surface area contributed by atoms with E-state index in [2.05, 4.69) is 5.32 Å². The number of nitrogen functional groups attached to an aromatic ring is 1. The molecule has 0 aromatic heterocycles. The molecule has 3 N–H and O–H groups in total. The number of nitrogens with two attached hydrogens (primary N) is 1. The van der Waals surface area contributed by atoms with E-state index in [-0.39, 0.29) is 12.6 Å². The van der Waals surface area contributed by atoms with Crippen LogP contribution in [0.3, 0.4) is 0 Å². The van der Waals surface area contributed by atoms with Gasteiger partial charge in [0, 0.05) is 11.8 Å². The molecule has 1 heterocycles. The molecule has 0 bridgehead atoms. The zero-order valence-corrected chi connectivity index (χ0v) is 10.4. The molecule has 0 amide bonds. The van der Waals surface area contributed by atoms with Crippen molar-refractivity contribution >= 4 is 17.1 Å². The highest BCUT2D eigenvalue weighted by Crippen LogP contribution is 2.36. The van der Waals surface area contributed by atoms with Crippen molar-refractivity contribution in [1.82, 2.24) is 0 Å². The molecule has 0 atom stereocenters. The first kappa shape index (κ1) is 11.6. The van der Waals surface area contributed by atoms with E-state index < -0.39 is 0 Å². The zero-order valence-electron chi connectivity index (χ0n) is 10.4. The summed E-state index contributed by atoms with van der Waals surface area (Å²) in [4.78, 5) is 0. The van der Waals surface area contributed by atoms with E-state index in [1.165, 1.54) is 6.07 Å². The molecular formula is C14H13FN2O2. The van der Waals surface area contributed by atoms with Crippen LogP contribution < -0.4 is 20.5 Å². The Morgan fingerprint density at radius 3 is 2.79 bits per heavy atom. The lowest BCUT2D eigenvalue weighted by molar-refractivity contribution is 0.174. The molecule has 19 heavy (non-hydrogen) atoms. The average molecular weight is 260 g/mol. The van der Waals surface area contributed by atoms with E-state index in [9.17, 15) is 4.39 Å². The summed E-state index contributed by atoms with van der Waals surface area (Å²) in [5, 5.41) is 3.14. The van der Waals surface area contributed by atoms with Crippen LogP contribution in [0.5, 0.6) is 11.5 Å². The molecule has 0 fully saturated rings. The highest BCUT2D eigenvalue weighted by molar-refractivity contribution is 5.74. The second-order valence-corrected chi connectivity index (χ2v) is 4.38. The monoisotopic (exact) mass is 260 g/mol. The number of rotatable bonds is 2. The quantitative estimate of drug-likeness (QED) is 0.814. The van der Waals surface area contributed by atoms with Crippen LogP contribution in [0.4, 0.5) is 21.5 Å². The summed E-state index contributed by atoms with van der Waals surface area (Å²) in [7, 11) is 0. The number of fused-ring (bicyclic) bond motifs is 1. The van der Waals surface area contributed by atoms with Gasteiger partial charge in [0.1, 0.15) is 5.82 Å². The topological polar surface area (TPSA) is 56.5 Å². The molecule has 98 valence electrons. The van der Waals surface area contributed by atoms with Gasteiger partial charge in [0.2, 0.25) is 6.79 Å². The second kappa shape index (κ2) is 4.35. The fraction of sp³-hybridized carbons (Fsp3) is 0.143. The lowest BCUT2D eigenvalue weighted by Crippen LogP contribution is -1.98. The number of aryl methyl sites for hydroxylation is 1. The van der Waals surface area contributed by atoms with Gasteiger partial charge in [0.25, 0.3) is 0 Å². The minimum Gasteiger partial charge on any atom is -0.454 e. The van der Waals surface area contributed by atoms with Crippen LogP contribution >= 0.6 is 0 Å². The van der Waals surface area contributed by atoms with Crippen LogP contribution in [0, 0.1) is 12.7 Å². The van der Waals surface area contributed by atoms with Crippen LogP contribution in [-0.2, 0) is 0 Å². The first-order chi connectivity index (χ1) is 9.13. The number of halogens is 1. The molecule has 0 saturated carbocycles. The van der Waals surface area contributed by atoms with Crippen LogP contribution in [-0.4, -0.2) is 6.79 Å². The maximum Gasteiger partial charge on any atom is 0.231 e. The van der Waals surface area contributed by atoms with Crippen molar-refractivity contribution in [2.75, 3.05) is 17.8 Å². The highest BCUT2D eigenvalue weighted by atomic mass is 19.1. The van der Waals surface area contributed by atoms with E-state index in [0.29, 0.717) is 28.4 Å². The van der Waals surface area contributed by atoms with Crippen molar-refractivity contribution in [3.8, 4) is 11.5 Å². The van der Waals surface area contributed by atoms with Crippen molar-refractivity contribution in [1.29, 1.82) is 0 Å². The third-order valence-corrected chi connectivity index (χ3v) is 2.98. The molecule has 0 unspecified atom stereocenters. The molecule has 2 aromatic carbocycles. The molecule has 3 rings (SSSR count). The van der Waals surface area contributed by atoms with Crippen molar-refractivity contribution < 1.29 is 13.9 Å². The molecule has 1 aliphatic rings.